The molecule has 1 atom stereocenters. The molecule has 0 saturated heterocycles. The van der Waals surface area contributed by atoms with Crippen LogP contribution in [0.5, 0.6) is 5.75 Å². The Hall–Kier alpha value is -1.75. The molecule has 0 heterocycles. The Morgan fingerprint density at radius 3 is 2.55 bits per heavy atom. The van der Waals surface area contributed by atoms with E-state index < -0.39 is 5.41 Å². The van der Waals surface area contributed by atoms with E-state index in [-0.39, 0.29) is 12.5 Å². The van der Waals surface area contributed by atoms with Gasteiger partial charge in [-0.25, -0.2) is 0 Å². The van der Waals surface area contributed by atoms with E-state index in [0.29, 0.717) is 23.8 Å². The van der Waals surface area contributed by atoms with E-state index in [9.17, 15) is 4.79 Å². The molecule has 1 aliphatic carbocycles. The SMILES string of the molecule is COC(=O)C(CN)(Cc1cc(N)cc(OC)c1)C1CC1. The van der Waals surface area contributed by atoms with Gasteiger partial charge in [0.1, 0.15) is 5.75 Å². The summed E-state index contributed by atoms with van der Waals surface area (Å²) in [7, 11) is 3.00. The fourth-order valence-corrected chi connectivity index (χ4v) is 2.81. The number of benzene rings is 1. The monoisotopic (exact) mass is 278 g/mol. The molecule has 5 heteroatoms. The molecule has 20 heavy (non-hydrogen) atoms. The van der Waals surface area contributed by atoms with Gasteiger partial charge in [-0.15, -0.1) is 0 Å². The number of hydrogen-bond acceptors (Lipinski definition) is 5. The van der Waals surface area contributed by atoms with Crippen molar-refractivity contribution in [1.29, 1.82) is 0 Å². The third-order valence-corrected chi connectivity index (χ3v) is 4.06. The van der Waals surface area contributed by atoms with E-state index >= 15 is 0 Å². The van der Waals surface area contributed by atoms with Crippen molar-refractivity contribution in [2.24, 2.45) is 17.1 Å². The highest BCUT2D eigenvalue weighted by Crippen LogP contribution is 2.48. The molecule has 5 nitrogen and oxygen atoms in total. The van der Waals surface area contributed by atoms with E-state index in [2.05, 4.69) is 0 Å². The van der Waals surface area contributed by atoms with Crippen molar-refractivity contribution in [2.45, 2.75) is 19.3 Å². The maximum Gasteiger partial charge on any atom is 0.313 e. The summed E-state index contributed by atoms with van der Waals surface area (Å²) in [5.41, 5.74) is 12.7. The van der Waals surface area contributed by atoms with E-state index in [4.69, 9.17) is 20.9 Å². The van der Waals surface area contributed by atoms with Crippen LogP contribution in [0.15, 0.2) is 18.2 Å². The van der Waals surface area contributed by atoms with Crippen LogP contribution >= 0.6 is 0 Å². The quantitative estimate of drug-likeness (QED) is 0.606. The largest absolute Gasteiger partial charge is 0.497 e. The van der Waals surface area contributed by atoms with E-state index in [1.165, 1.54) is 7.11 Å². The smallest absolute Gasteiger partial charge is 0.313 e. The second kappa shape index (κ2) is 5.71. The van der Waals surface area contributed by atoms with Gasteiger partial charge in [-0.2, -0.15) is 0 Å². The Bertz CT molecular complexity index is 500. The average Bonchev–Trinajstić information content (AvgIpc) is 3.28. The first-order valence-corrected chi connectivity index (χ1v) is 6.77. The lowest BCUT2D eigenvalue weighted by Gasteiger charge is -2.30. The van der Waals surface area contributed by atoms with Crippen molar-refractivity contribution in [1.82, 2.24) is 0 Å². The third-order valence-electron chi connectivity index (χ3n) is 4.06. The van der Waals surface area contributed by atoms with Gasteiger partial charge in [-0.1, -0.05) is 0 Å². The molecular weight excluding hydrogens is 256 g/mol. The maximum absolute atomic E-state index is 12.2. The van der Waals surface area contributed by atoms with Crippen LogP contribution in [0.1, 0.15) is 18.4 Å². The number of ether oxygens (including phenoxy) is 2. The minimum Gasteiger partial charge on any atom is -0.497 e. The molecule has 0 spiro atoms. The molecule has 0 aliphatic heterocycles. The lowest BCUT2D eigenvalue weighted by Crippen LogP contribution is -2.43. The van der Waals surface area contributed by atoms with Gasteiger partial charge >= 0.3 is 5.97 Å². The van der Waals surface area contributed by atoms with Crippen LogP contribution in [0, 0.1) is 11.3 Å². The van der Waals surface area contributed by atoms with Crippen LogP contribution in [0.2, 0.25) is 0 Å². The van der Waals surface area contributed by atoms with Crippen LogP contribution < -0.4 is 16.2 Å². The second-order valence-electron chi connectivity index (χ2n) is 5.42. The summed E-state index contributed by atoms with van der Waals surface area (Å²) in [6.45, 7) is 0.279. The Morgan fingerprint density at radius 1 is 1.35 bits per heavy atom. The second-order valence-corrected chi connectivity index (χ2v) is 5.42. The summed E-state index contributed by atoms with van der Waals surface area (Å²) in [4.78, 5) is 12.2. The van der Waals surface area contributed by atoms with Crippen LogP contribution in [0.3, 0.4) is 0 Å². The number of hydrogen-bond donors (Lipinski definition) is 2. The number of nitrogen functional groups attached to an aromatic ring is 1. The predicted molar refractivity (Wildman–Crippen MR) is 77.3 cm³/mol. The van der Waals surface area contributed by atoms with Crippen LogP contribution in [-0.4, -0.2) is 26.7 Å². The topological polar surface area (TPSA) is 87.6 Å². The number of carbonyl (C=O) groups is 1. The number of esters is 1. The number of anilines is 1. The standard InChI is InChI=1S/C15H22N2O3/c1-19-13-6-10(5-12(17)7-13)8-15(9-16,11-3-4-11)14(18)20-2/h5-7,11H,3-4,8-9,16-17H2,1-2H3. The van der Waals surface area contributed by atoms with Gasteiger partial charge in [0.15, 0.2) is 0 Å². The predicted octanol–water partition coefficient (Wildman–Crippen LogP) is 1.35. The Morgan fingerprint density at radius 2 is 2.05 bits per heavy atom. The third kappa shape index (κ3) is 2.72. The molecule has 0 amide bonds. The normalized spacial score (nSPS) is 17.4. The minimum absolute atomic E-state index is 0.233. The zero-order valence-corrected chi connectivity index (χ0v) is 12.0. The number of carbonyl (C=O) groups excluding carboxylic acids is 1. The van der Waals surface area contributed by atoms with Crippen LogP contribution in [-0.2, 0) is 16.0 Å². The fourth-order valence-electron chi connectivity index (χ4n) is 2.81. The molecule has 1 saturated carbocycles. The van der Waals surface area contributed by atoms with Gasteiger partial charge in [-0.05, 0) is 42.9 Å². The summed E-state index contributed by atoms with van der Waals surface area (Å²) >= 11 is 0. The highest BCUT2D eigenvalue weighted by Gasteiger charge is 2.50. The molecule has 1 aromatic carbocycles. The zero-order valence-electron chi connectivity index (χ0n) is 12.0. The molecule has 0 bridgehead atoms. The van der Waals surface area contributed by atoms with Crippen molar-refractivity contribution in [3.63, 3.8) is 0 Å². The first kappa shape index (κ1) is 14.7. The molecule has 0 aromatic heterocycles. The van der Waals surface area contributed by atoms with Gasteiger partial charge in [0.25, 0.3) is 0 Å². The van der Waals surface area contributed by atoms with Gasteiger partial charge in [0.05, 0.1) is 19.6 Å². The number of nitrogens with two attached hydrogens (primary N) is 2. The Labute approximate surface area is 119 Å². The van der Waals surface area contributed by atoms with Crippen LogP contribution in [0.4, 0.5) is 5.69 Å². The molecule has 2 rings (SSSR count). The summed E-state index contributed by atoms with van der Waals surface area (Å²) in [5.74, 6) is 0.753. The summed E-state index contributed by atoms with van der Waals surface area (Å²) in [5, 5.41) is 0. The van der Waals surface area contributed by atoms with Crippen molar-refractivity contribution in [2.75, 3.05) is 26.5 Å². The lowest BCUT2D eigenvalue weighted by atomic mass is 9.77. The molecule has 1 fully saturated rings. The van der Waals surface area contributed by atoms with Crippen molar-refractivity contribution >= 4 is 11.7 Å². The lowest BCUT2D eigenvalue weighted by molar-refractivity contribution is -0.153. The summed E-state index contributed by atoms with van der Waals surface area (Å²) in [6.07, 6.45) is 2.57. The molecule has 1 aromatic rings. The summed E-state index contributed by atoms with van der Waals surface area (Å²) in [6, 6.07) is 5.51. The van der Waals surface area contributed by atoms with E-state index in [1.807, 2.05) is 12.1 Å². The van der Waals surface area contributed by atoms with Gasteiger partial charge in [-0.3, -0.25) is 4.79 Å². The summed E-state index contributed by atoms with van der Waals surface area (Å²) < 4.78 is 10.2. The molecule has 4 N–H and O–H groups in total. The van der Waals surface area contributed by atoms with E-state index in [0.717, 1.165) is 18.4 Å². The molecular formula is C15H22N2O3. The molecule has 110 valence electrons. The van der Waals surface area contributed by atoms with Gasteiger partial charge in [0.2, 0.25) is 0 Å². The van der Waals surface area contributed by atoms with Crippen molar-refractivity contribution in [3.8, 4) is 5.75 Å². The Balaban J connectivity index is 2.32. The van der Waals surface area contributed by atoms with Crippen molar-refractivity contribution in [3.05, 3.63) is 23.8 Å². The minimum atomic E-state index is -0.645. The molecule has 1 aliphatic rings. The first-order chi connectivity index (χ1) is 9.55. The number of methoxy groups -OCH3 is 2. The molecule has 1 unspecified atom stereocenters. The van der Waals surface area contributed by atoms with E-state index in [1.54, 1.807) is 13.2 Å². The zero-order chi connectivity index (χ0) is 14.8. The maximum atomic E-state index is 12.2. The highest BCUT2D eigenvalue weighted by molar-refractivity contribution is 5.78. The van der Waals surface area contributed by atoms with Gasteiger partial charge in [0, 0.05) is 18.3 Å². The molecule has 0 radical (unpaired) electrons. The van der Waals surface area contributed by atoms with Crippen LogP contribution in [0.25, 0.3) is 0 Å². The fraction of sp³-hybridized carbons (Fsp3) is 0.533. The first-order valence-electron chi connectivity index (χ1n) is 6.77. The Kier molecular flexibility index (Phi) is 4.18. The van der Waals surface area contributed by atoms with Gasteiger partial charge < -0.3 is 20.9 Å². The highest BCUT2D eigenvalue weighted by atomic mass is 16.5. The number of rotatable bonds is 6. The van der Waals surface area contributed by atoms with Crippen molar-refractivity contribution < 1.29 is 14.3 Å². The average molecular weight is 278 g/mol.